The van der Waals surface area contributed by atoms with Crippen molar-refractivity contribution in [1.29, 1.82) is 0 Å². The Hall–Kier alpha value is -1.77. The Morgan fingerprint density at radius 1 is 1.20 bits per heavy atom. The van der Waals surface area contributed by atoms with Crippen LogP contribution in [0.2, 0.25) is 0 Å². The van der Waals surface area contributed by atoms with Crippen molar-refractivity contribution in [2.45, 2.75) is 24.3 Å². The van der Waals surface area contributed by atoms with E-state index in [0.29, 0.717) is 23.0 Å². The largest absolute Gasteiger partial charge is 0.312 e. The van der Waals surface area contributed by atoms with Gasteiger partial charge < -0.3 is 4.90 Å². The van der Waals surface area contributed by atoms with Gasteiger partial charge in [0.15, 0.2) is 0 Å². The van der Waals surface area contributed by atoms with Crippen LogP contribution in [0, 0.1) is 5.82 Å². The van der Waals surface area contributed by atoms with Gasteiger partial charge in [0.2, 0.25) is 15.9 Å². The number of sulfonamides is 1. The van der Waals surface area contributed by atoms with Crippen molar-refractivity contribution in [3.8, 4) is 0 Å². The van der Waals surface area contributed by atoms with Crippen molar-refractivity contribution in [2.75, 3.05) is 11.4 Å². The van der Waals surface area contributed by atoms with Gasteiger partial charge in [0, 0.05) is 29.7 Å². The molecule has 1 N–H and O–H groups in total. The molecule has 8 heteroatoms. The monoisotopic (exact) mass is 426 g/mol. The second kappa shape index (κ2) is 7.23. The fraction of sp³-hybridized carbons (Fsp3) is 0.235. The SMILES string of the molecule is O=C1CCCN1c1cccc(CNS(=O)(=O)c2cc(Br)ccc2F)c1. The van der Waals surface area contributed by atoms with E-state index in [2.05, 4.69) is 20.7 Å². The van der Waals surface area contributed by atoms with E-state index < -0.39 is 20.7 Å². The molecule has 1 fully saturated rings. The van der Waals surface area contributed by atoms with Crippen LogP contribution in [0.5, 0.6) is 0 Å². The lowest BCUT2D eigenvalue weighted by atomic mass is 10.2. The normalized spacial score (nSPS) is 15.0. The third-order valence-corrected chi connectivity index (χ3v) is 5.85. The van der Waals surface area contributed by atoms with Crippen molar-refractivity contribution in [3.05, 3.63) is 58.3 Å². The van der Waals surface area contributed by atoms with Crippen LogP contribution < -0.4 is 9.62 Å². The maximum Gasteiger partial charge on any atom is 0.243 e. The van der Waals surface area contributed by atoms with Gasteiger partial charge in [0.1, 0.15) is 10.7 Å². The van der Waals surface area contributed by atoms with Crippen molar-refractivity contribution in [2.24, 2.45) is 0 Å². The lowest BCUT2D eigenvalue weighted by molar-refractivity contribution is -0.117. The highest BCUT2D eigenvalue weighted by molar-refractivity contribution is 9.10. The second-order valence-electron chi connectivity index (χ2n) is 5.72. The summed E-state index contributed by atoms with van der Waals surface area (Å²) in [7, 11) is -3.99. The van der Waals surface area contributed by atoms with Crippen LogP contribution in [-0.2, 0) is 21.4 Å². The molecule has 0 aromatic heterocycles. The maximum atomic E-state index is 13.8. The van der Waals surface area contributed by atoms with Crippen LogP contribution >= 0.6 is 15.9 Å². The van der Waals surface area contributed by atoms with Crippen molar-refractivity contribution in [1.82, 2.24) is 4.72 Å². The number of nitrogens with zero attached hydrogens (tertiary/aromatic N) is 1. The molecule has 1 aliphatic rings. The number of hydrogen-bond acceptors (Lipinski definition) is 3. The van der Waals surface area contributed by atoms with Gasteiger partial charge in [-0.15, -0.1) is 0 Å². The fourth-order valence-electron chi connectivity index (χ4n) is 2.69. The third-order valence-electron chi connectivity index (χ3n) is 3.94. The molecule has 3 rings (SSSR count). The van der Waals surface area contributed by atoms with Gasteiger partial charge in [-0.1, -0.05) is 28.1 Å². The molecule has 0 saturated carbocycles. The summed E-state index contributed by atoms with van der Waals surface area (Å²) < 4.78 is 41.4. The quantitative estimate of drug-likeness (QED) is 0.797. The third kappa shape index (κ3) is 4.08. The topological polar surface area (TPSA) is 66.5 Å². The average Bonchev–Trinajstić information content (AvgIpc) is 3.01. The molecule has 2 aromatic rings. The van der Waals surface area contributed by atoms with E-state index in [4.69, 9.17) is 0 Å². The molecule has 1 heterocycles. The summed E-state index contributed by atoms with van der Waals surface area (Å²) >= 11 is 3.14. The summed E-state index contributed by atoms with van der Waals surface area (Å²) in [6.07, 6.45) is 1.34. The predicted octanol–water partition coefficient (Wildman–Crippen LogP) is 3.19. The van der Waals surface area contributed by atoms with E-state index in [0.717, 1.165) is 18.2 Å². The minimum atomic E-state index is -3.99. The molecule has 0 bridgehead atoms. The zero-order chi connectivity index (χ0) is 18.0. The van der Waals surface area contributed by atoms with Crippen molar-refractivity contribution < 1.29 is 17.6 Å². The molecule has 1 saturated heterocycles. The number of benzene rings is 2. The van der Waals surface area contributed by atoms with Crippen LogP contribution in [0.3, 0.4) is 0 Å². The Bertz CT molecular complexity index is 918. The van der Waals surface area contributed by atoms with Gasteiger partial charge in [-0.25, -0.2) is 17.5 Å². The summed E-state index contributed by atoms with van der Waals surface area (Å²) in [5.74, 6) is -0.749. The van der Waals surface area contributed by atoms with E-state index >= 15 is 0 Å². The lowest BCUT2D eigenvalue weighted by Gasteiger charge is -2.16. The Kier molecular flexibility index (Phi) is 5.21. The summed E-state index contributed by atoms with van der Waals surface area (Å²) in [6, 6.07) is 10.9. The molecule has 0 atom stereocenters. The zero-order valence-corrected chi connectivity index (χ0v) is 15.6. The molecular formula is C17H16BrFN2O3S. The Morgan fingerprint density at radius 3 is 2.72 bits per heavy atom. The van der Waals surface area contributed by atoms with Gasteiger partial charge in [-0.2, -0.15) is 0 Å². The highest BCUT2D eigenvalue weighted by atomic mass is 79.9. The Labute approximate surface area is 154 Å². The number of nitrogens with one attached hydrogen (secondary N) is 1. The van der Waals surface area contributed by atoms with Crippen molar-refractivity contribution in [3.63, 3.8) is 0 Å². The molecule has 0 aliphatic carbocycles. The van der Waals surface area contributed by atoms with E-state index in [9.17, 15) is 17.6 Å². The van der Waals surface area contributed by atoms with E-state index in [1.165, 1.54) is 12.1 Å². The Balaban J connectivity index is 1.77. The maximum absolute atomic E-state index is 13.8. The van der Waals surface area contributed by atoms with Crippen LogP contribution in [0.1, 0.15) is 18.4 Å². The number of carbonyl (C=O) groups excluding carboxylic acids is 1. The molecular weight excluding hydrogens is 411 g/mol. The summed E-state index contributed by atoms with van der Waals surface area (Å²) in [5, 5.41) is 0. The smallest absolute Gasteiger partial charge is 0.243 e. The first-order valence-electron chi connectivity index (χ1n) is 7.71. The number of hydrogen-bond donors (Lipinski definition) is 1. The molecule has 1 aliphatic heterocycles. The van der Waals surface area contributed by atoms with Gasteiger partial charge >= 0.3 is 0 Å². The van der Waals surface area contributed by atoms with Crippen LogP contribution in [0.25, 0.3) is 0 Å². The standard InChI is InChI=1S/C17H16BrFN2O3S/c18-13-6-7-15(19)16(10-13)25(23,24)20-11-12-3-1-4-14(9-12)21-8-2-5-17(21)22/h1,3-4,6-7,9-10,20H,2,5,8,11H2. The van der Waals surface area contributed by atoms with Gasteiger partial charge in [-0.05, 0) is 42.3 Å². The molecule has 0 radical (unpaired) electrons. The summed E-state index contributed by atoms with van der Waals surface area (Å²) in [5.41, 5.74) is 1.43. The molecule has 0 spiro atoms. The van der Waals surface area contributed by atoms with Crippen LogP contribution in [-0.4, -0.2) is 20.9 Å². The van der Waals surface area contributed by atoms with Crippen LogP contribution in [0.15, 0.2) is 51.8 Å². The van der Waals surface area contributed by atoms with Gasteiger partial charge in [-0.3, -0.25) is 4.79 Å². The summed E-state index contributed by atoms with van der Waals surface area (Å²) in [6.45, 7) is 0.668. The molecule has 2 aromatic carbocycles. The van der Waals surface area contributed by atoms with E-state index in [1.54, 1.807) is 23.1 Å². The highest BCUT2D eigenvalue weighted by Crippen LogP contribution is 2.23. The van der Waals surface area contributed by atoms with Crippen molar-refractivity contribution >= 4 is 37.5 Å². The number of amides is 1. The minimum absolute atomic E-state index is 0.00412. The second-order valence-corrected chi connectivity index (χ2v) is 8.37. The lowest BCUT2D eigenvalue weighted by Crippen LogP contribution is -2.25. The minimum Gasteiger partial charge on any atom is -0.312 e. The van der Waals surface area contributed by atoms with Crippen LogP contribution in [0.4, 0.5) is 10.1 Å². The predicted molar refractivity (Wildman–Crippen MR) is 96.2 cm³/mol. The number of halogens is 2. The number of carbonyl (C=O) groups is 1. The number of anilines is 1. The van der Waals surface area contributed by atoms with Gasteiger partial charge in [0.05, 0.1) is 0 Å². The first kappa shape index (κ1) is 18.0. The zero-order valence-electron chi connectivity index (χ0n) is 13.2. The summed E-state index contributed by atoms with van der Waals surface area (Å²) in [4.78, 5) is 13.1. The Morgan fingerprint density at radius 2 is 2.00 bits per heavy atom. The first-order valence-corrected chi connectivity index (χ1v) is 9.98. The molecule has 1 amide bonds. The number of rotatable bonds is 5. The van der Waals surface area contributed by atoms with E-state index in [-0.39, 0.29) is 12.5 Å². The highest BCUT2D eigenvalue weighted by Gasteiger charge is 2.22. The molecule has 25 heavy (non-hydrogen) atoms. The van der Waals surface area contributed by atoms with Gasteiger partial charge in [0.25, 0.3) is 0 Å². The molecule has 5 nitrogen and oxygen atoms in total. The molecule has 132 valence electrons. The fourth-order valence-corrected chi connectivity index (χ4v) is 4.33. The molecule has 0 unspecified atom stereocenters. The van der Waals surface area contributed by atoms with E-state index in [1.807, 2.05) is 6.07 Å². The first-order chi connectivity index (χ1) is 11.9. The average molecular weight is 427 g/mol.